The van der Waals surface area contributed by atoms with Crippen molar-refractivity contribution in [2.24, 2.45) is 5.84 Å². The standard InChI is InChI=1S/C7H9F2N3O/c1-2-13-7-5(9)3-4(8)6(11-7)12-10/h3H,2,10H2,1H3,(H,11,12). The van der Waals surface area contributed by atoms with Crippen molar-refractivity contribution in [3.8, 4) is 5.88 Å². The zero-order valence-corrected chi connectivity index (χ0v) is 6.97. The predicted octanol–water partition coefficient (Wildman–Crippen LogP) is 1.04. The summed E-state index contributed by atoms with van der Waals surface area (Å²) in [6, 6.07) is 0.660. The Morgan fingerprint density at radius 1 is 1.54 bits per heavy atom. The molecule has 0 aliphatic rings. The van der Waals surface area contributed by atoms with Gasteiger partial charge in [0.15, 0.2) is 17.5 Å². The van der Waals surface area contributed by atoms with E-state index in [1.54, 1.807) is 6.92 Å². The van der Waals surface area contributed by atoms with E-state index in [-0.39, 0.29) is 18.3 Å². The second kappa shape index (κ2) is 3.99. The predicted molar refractivity (Wildman–Crippen MR) is 43.1 cm³/mol. The van der Waals surface area contributed by atoms with Crippen LogP contribution in [0.15, 0.2) is 6.07 Å². The number of nitrogens with two attached hydrogens (primary N) is 1. The van der Waals surface area contributed by atoms with Crippen LogP contribution in [-0.4, -0.2) is 11.6 Å². The monoisotopic (exact) mass is 189 g/mol. The fourth-order valence-electron chi connectivity index (χ4n) is 0.789. The van der Waals surface area contributed by atoms with Crippen molar-refractivity contribution in [3.63, 3.8) is 0 Å². The Morgan fingerprint density at radius 3 is 2.77 bits per heavy atom. The number of hydrazine groups is 1. The number of halogens is 2. The van der Waals surface area contributed by atoms with Gasteiger partial charge in [0.25, 0.3) is 5.88 Å². The van der Waals surface area contributed by atoms with Crippen LogP contribution in [0.4, 0.5) is 14.6 Å². The van der Waals surface area contributed by atoms with E-state index in [1.165, 1.54) is 0 Å². The normalized spacial score (nSPS) is 9.85. The Kier molecular flexibility index (Phi) is 2.97. The first-order valence-electron chi connectivity index (χ1n) is 3.64. The van der Waals surface area contributed by atoms with Crippen molar-refractivity contribution in [2.75, 3.05) is 12.0 Å². The summed E-state index contributed by atoms with van der Waals surface area (Å²) in [6.45, 7) is 1.92. The van der Waals surface area contributed by atoms with Crippen LogP contribution in [0.1, 0.15) is 6.92 Å². The van der Waals surface area contributed by atoms with Gasteiger partial charge in [-0.2, -0.15) is 4.98 Å². The van der Waals surface area contributed by atoms with Gasteiger partial charge in [0.1, 0.15) is 0 Å². The summed E-state index contributed by atoms with van der Waals surface area (Å²) >= 11 is 0. The molecule has 0 amide bonds. The molecule has 0 aromatic carbocycles. The molecule has 0 spiro atoms. The van der Waals surface area contributed by atoms with Crippen molar-refractivity contribution >= 4 is 5.82 Å². The molecule has 0 aliphatic carbocycles. The summed E-state index contributed by atoms with van der Waals surface area (Å²) in [6.07, 6.45) is 0. The smallest absolute Gasteiger partial charge is 0.252 e. The Balaban J connectivity index is 3.06. The molecule has 3 N–H and O–H groups in total. The van der Waals surface area contributed by atoms with Gasteiger partial charge in [0.05, 0.1) is 6.61 Å². The van der Waals surface area contributed by atoms with E-state index in [2.05, 4.69) is 4.98 Å². The van der Waals surface area contributed by atoms with Gasteiger partial charge in [-0.25, -0.2) is 14.6 Å². The number of nitrogens with zero attached hydrogens (tertiary/aromatic N) is 1. The molecule has 0 saturated carbocycles. The third-order valence-corrected chi connectivity index (χ3v) is 1.32. The van der Waals surface area contributed by atoms with Gasteiger partial charge in [0, 0.05) is 6.07 Å². The topological polar surface area (TPSA) is 60.2 Å². The molecule has 0 unspecified atom stereocenters. The Hall–Kier alpha value is -1.43. The third kappa shape index (κ3) is 2.03. The molecule has 0 aliphatic heterocycles. The van der Waals surface area contributed by atoms with E-state index in [1.807, 2.05) is 5.43 Å². The summed E-state index contributed by atoms with van der Waals surface area (Å²) in [5.41, 5.74) is 1.99. The summed E-state index contributed by atoms with van der Waals surface area (Å²) in [5, 5.41) is 0. The lowest BCUT2D eigenvalue weighted by atomic mass is 10.4. The number of nitrogen functional groups attached to an aromatic ring is 1. The highest BCUT2D eigenvalue weighted by Crippen LogP contribution is 2.19. The Morgan fingerprint density at radius 2 is 2.23 bits per heavy atom. The lowest BCUT2D eigenvalue weighted by Crippen LogP contribution is -2.12. The van der Waals surface area contributed by atoms with Gasteiger partial charge >= 0.3 is 0 Å². The van der Waals surface area contributed by atoms with Crippen LogP contribution in [0.3, 0.4) is 0 Å². The maximum Gasteiger partial charge on any atom is 0.252 e. The van der Waals surface area contributed by atoms with E-state index >= 15 is 0 Å². The van der Waals surface area contributed by atoms with E-state index in [4.69, 9.17) is 10.6 Å². The van der Waals surface area contributed by atoms with Crippen molar-refractivity contribution in [3.05, 3.63) is 17.7 Å². The lowest BCUT2D eigenvalue weighted by molar-refractivity contribution is 0.306. The van der Waals surface area contributed by atoms with Crippen molar-refractivity contribution in [1.82, 2.24) is 4.98 Å². The van der Waals surface area contributed by atoms with Crippen molar-refractivity contribution in [2.45, 2.75) is 6.92 Å². The van der Waals surface area contributed by atoms with Crippen LogP contribution >= 0.6 is 0 Å². The minimum absolute atomic E-state index is 0.246. The Labute approximate surface area is 73.7 Å². The molecule has 72 valence electrons. The minimum Gasteiger partial charge on any atom is -0.476 e. The van der Waals surface area contributed by atoms with Gasteiger partial charge in [-0.1, -0.05) is 0 Å². The van der Waals surface area contributed by atoms with Gasteiger partial charge in [-0.15, -0.1) is 0 Å². The van der Waals surface area contributed by atoms with E-state index in [0.717, 1.165) is 0 Å². The summed E-state index contributed by atoms with van der Waals surface area (Å²) in [4.78, 5) is 3.47. The number of rotatable bonds is 3. The van der Waals surface area contributed by atoms with Crippen LogP contribution < -0.4 is 16.0 Å². The molecule has 1 heterocycles. The van der Waals surface area contributed by atoms with Crippen LogP contribution in [0.5, 0.6) is 5.88 Å². The fraction of sp³-hybridized carbons (Fsp3) is 0.286. The highest BCUT2D eigenvalue weighted by Gasteiger charge is 2.11. The number of anilines is 1. The molecule has 1 rings (SSSR count). The zero-order valence-electron chi connectivity index (χ0n) is 6.97. The second-order valence-electron chi connectivity index (χ2n) is 2.18. The minimum atomic E-state index is -0.858. The van der Waals surface area contributed by atoms with E-state index in [0.29, 0.717) is 6.07 Å². The number of pyridine rings is 1. The van der Waals surface area contributed by atoms with Crippen LogP contribution in [0, 0.1) is 11.6 Å². The first kappa shape index (κ1) is 9.66. The maximum absolute atomic E-state index is 12.9. The number of hydrogen-bond donors (Lipinski definition) is 2. The maximum atomic E-state index is 12.9. The molecule has 6 heteroatoms. The molecular weight excluding hydrogens is 180 g/mol. The highest BCUT2D eigenvalue weighted by atomic mass is 19.1. The molecule has 0 radical (unpaired) electrons. The van der Waals surface area contributed by atoms with Gasteiger partial charge in [0.2, 0.25) is 0 Å². The Bertz CT molecular complexity index is 306. The SMILES string of the molecule is CCOc1nc(NN)c(F)cc1F. The quantitative estimate of drug-likeness (QED) is 0.551. The van der Waals surface area contributed by atoms with E-state index in [9.17, 15) is 8.78 Å². The first-order chi connectivity index (χ1) is 6.19. The average Bonchev–Trinajstić information content (AvgIpc) is 2.10. The molecule has 0 bridgehead atoms. The van der Waals surface area contributed by atoms with E-state index < -0.39 is 11.6 Å². The summed E-state index contributed by atoms with van der Waals surface area (Å²) in [7, 11) is 0. The van der Waals surface area contributed by atoms with Crippen LogP contribution in [-0.2, 0) is 0 Å². The average molecular weight is 189 g/mol. The largest absolute Gasteiger partial charge is 0.476 e. The third-order valence-electron chi connectivity index (χ3n) is 1.32. The molecular formula is C7H9F2N3O. The van der Waals surface area contributed by atoms with Crippen molar-refractivity contribution < 1.29 is 13.5 Å². The summed E-state index contributed by atoms with van der Waals surface area (Å²) < 4.78 is 30.4. The van der Waals surface area contributed by atoms with Gasteiger partial charge < -0.3 is 10.2 Å². The van der Waals surface area contributed by atoms with Crippen molar-refractivity contribution in [1.29, 1.82) is 0 Å². The molecule has 0 atom stereocenters. The number of aromatic nitrogens is 1. The lowest BCUT2D eigenvalue weighted by Gasteiger charge is -2.06. The highest BCUT2D eigenvalue weighted by molar-refractivity contribution is 5.38. The molecule has 4 nitrogen and oxygen atoms in total. The first-order valence-corrected chi connectivity index (χ1v) is 3.64. The molecule has 0 saturated heterocycles. The second-order valence-corrected chi connectivity index (χ2v) is 2.18. The van der Waals surface area contributed by atoms with Gasteiger partial charge in [-0.05, 0) is 6.92 Å². The molecule has 1 aromatic rings. The van der Waals surface area contributed by atoms with Crippen LogP contribution in [0.2, 0.25) is 0 Å². The van der Waals surface area contributed by atoms with Crippen LogP contribution in [0.25, 0.3) is 0 Å². The number of hydrogen-bond acceptors (Lipinski definition) is 4. The number of ether oxygens (including phenoxy) is 1. The van der Waals surface area contributed by atoms with Gasteiger partial charge in [-0.3, -0.25) is 0 Å². The molecule has 1 aromatic heterocycles. The number of nitrogens with one attached hydrogen (secondary N) is 1. The zero-order chi connectivity index (χ0) is 9.84. The fourth-order valence-corrected chi connectivity index (χ4v) is 0.789. The molecule has 0 fully saturated rings. The summed E-state index contributed by atoms with van der Waals surface area (Å²) in [5.74, 6) is 2.72. The molecule has 13 heavy (non-hydrogen) atoms.